The second kappa shape index (κ2) is 6.18. The van der Waals surface area contributed by atoms with Crippen LogP contribution in [0.1, 0.15) is 6.92 Å². The van der Waals surface area contributed by atoms with Gasteiger partial charge in [0.1, 0.15) is 6.04 Å². The lowest BCUT2D eigenvalue weighted by atomic mass is 10.2. The number of likely N-dealkylation sites (N-methyl/N-ethyl adjacent to an activating group) is 1. The zero-order valence-corrected chi connectivity index (χ0v) is 8.89. The minimum Gasteiger partial charge on any atom is -0.380 e. The van der Waals surface area contributed by atoms with Crippen LogP contribution < -0.4 is 5.32 Å². The van der Waals surface area contributed by atoms with Crippen molar-refractivity contribution in [1.29, 1.82) is 0 Å². The summed E-state index contributed by atoms with van der Waals surface area (Å²) in [5, 5.41) is 3.12. The van der Waals surface area contributed by atoms with E-state index in [4.69, 9.17) is 4.74 Å². The summed E-state index contributed by atoms with van der Waals surface area (Å²) in [4.78, 5) is 13.2. The molecule has 0 aromatic heterocycles. The lowest BCUT2D eigenvalue weighted by Gasteiger charge is -2.29. The topological polar surface area (TPSA) is 41.6 Å². The van der Waals surface area contributed by atoms with Gasteiger partial charge in [-0.25, -0.2) is 0 Å². The summed E-state index contributed by atoms with van der Waals surface area (Å²) in [5.41, 5.74) is 0. The fourth-order valence-corrected chi connectivity index (χ4v) is 1.24. The number of halogens is 1. The zero-order chi connectivity index (χ0) is 8.97. The van der Waals surface area contributed by atoms with Gasteiger partial charge >= 0.3 is 0 Å². The van der Waals surface area contributed by atoms with Gasteiger partial charge in [-0.1, -0.05) is 0 Å². The number of hydrogen-bond acceptors (Lipinski definition) is 3. The average molecular weight is 209 g/mol. The largest absolute Gasteiger partial charge is 0.380 e. The second-order valence-corrected chi connectivity index (χ2v) is 2.93. The Kier molecular flexibility index (Phi) is 6.03. The molecular weight excluding hydrogens is 192 g/mol. The number of ether oxygens (including phenoxy) is 1. The number of hydrogen-bond donors (Lipinski definition) is 1. The molecule has 13 heavy (non-hydrogen) atoms. The average Bonchev–Trinajstić information content (AvgIpc) is 2.08. The molecule has 1 atom stereocenters. The van der Waals surface area contributed by atoms with Crippen molar-refractivity contribution in [2.45, 2.75) is 13.0 Å². The van der Waals surface area contributed by atoms with Crippen LogP contribution >= 0.6 is 12.4 Å². The summed E-state index contributed by atoms with van der Waals surface area (Å²) in [6.07, 6.45) is 0. The summed E-state index contributed by atoms with van der Waals surface area (Å²) < 4.78 is 5.18. The van der Waals surface area contributed by atoms with Crippen LogP contribution in [0, 0.1) is 0 Å². The molecule has 1 N–H and O–H groups in total. The van der Waals surface area contributed by atoms with Gasteiger partial charge < -0.3 is 15.0 Å². The summed E-state index contributed by atoms with van der Waals surface area (Å²) >= 11 is 0. The number of piperazine rings is 1. The molecule has 1 fully saturated rings. The van der Waals surface area contributed by atoms with Gasteiger partial charge in [0.05, 0.1) is 6.61 Å². The Hall–Kier alpha value is -0.320. The Morgan fingerprint density at radius 3 is 3.00 bits per heavy atom. The standard InChI is InChI=1S/C8H16N2O2.ClH/c1-3-12-6-7-8(11)10(2)5-4-9-7;/h7,9H,3-6H2,1-2H3;1H. The predicted molar refractivity (Wildman–Crippen MR) is 53.2 cm³/mol. The van der Waals surface area contributed by atoms with E-state index in [2.05, 4.69) is 5.32 Å². The van der Waals surface area contributed by atoms with Crippen molar-refractivity contribution in [3.8, 4) is 0 Å². The Labute approximate surface area is 85.0 Å². The molecule has 0 spiro atoms. The van der Waals surface area contributed by atoms with E-state index in [0.29, 0.717) is 13.2 Å². The summed E-state index contributed by atoms with van der Waals surface area (Å²) in [6.45, 7) is 4.73. The summed E-state index contributed by atoms with van der Waals surface area (Å²) in [6, 6.07) is -0.135. The van der Waals surface area contributed by atoms with Crippen LogP contribution in [0.25, 0.3) is 0 Å². The molecule has 0 aromatic carbocycles. The molecule has 1 heterocycles. The van der Waals surface area contributed by atoms with Crippen LogP contribution in [0.5, 0.6) is 0 Å². The van der Waals surface area contributed by atoms with E-state index in [1.165, 1.54) is 0 Å². The third-order valence-electron chi connectivity index (χ3n) is 2.00. The van der Waals surface area contributed by atoms with Crippen molar-refractivity contribution >= 4 is 18.3 Å². The van der Waals surface area contributed by atoms with E-state index in [1.54, 1.807) is 4.90 Å². The number of nitrogens with zero attached hydrogens (tertiary/aromatic N) is 1. The van der Waals surface area contributed by atoms with Crippen molar-refractivity contribution in [2.75, 3.05) is 33.4 Å². The lowest BCUT2D eigenvalue weighted by Crippen LogP contribution is -2.55. The summed E-state index contributed by atoms with van der Waals surface area (Å²) in [7, 11) is 1.82. The molecule has 5 heteroatoms. The molecule has 0 radical (unpaired) electrons. The van der Waals surface area contributed by atoms with E-state index in [9.17, 15) is 4.79 Å². The smallest absolute Gasteiger partial charge is 0.241 e. The van der Waals surface area contributed by atoms with Crippen LogP contribution in [0.2, 0.25) is 0 Å². The van der Waals surface area contributed by atoms with Crippen molar-refractivity contribution in [2.24, 2.45) is 0 Å². The first-order valence-corrected chi connectivity index (χ1v) is 4.31. The summed E-state index contributed by atoms with van der Waals surface area (Å²) in [5.74, 6) is 0.134. The maximum atomic E-state index is 11.4. The molecule has 0 aliphatic carbocycles. The molecule has 0 bridgehead atoms. The van der Waals surface area contributed by atoms with Gasteiger partial charge in [0.25, 0.3) is 0 Å². The van der Waals surface area contributed by atoms with E-state index in [0.717, 1.165) is 13.1 Å². The minimum atomic E-state index is -0.135. The SMILES string of the molecule is CCOCC1NCCN(C)C1=O.Cl. The second-order valence-electron chi connectivity index (χ2n) is 2.93. The zero-order valence-electron chi connectivity index (χ0n) is 8.08. The van der Waals surface area contributed by atoms with Crippen molar-refractivity contribution < 1.29 is 9.53 Å². The van der Waals surface area contributed by atoms with Gasteiger partial charge in [0.15, 0.2) is 0 Å². The highest BCUT2D eigenvalue weighted by atomic mass is 35.5. The molecule has 0 aromatic rings. The minimum absolute atomic E-state index is 0. The third kappa shape index (κ3) is 3.50. The maximum absolute atomic E-state index is 11.4. The van der Waals surface area contributed by atoms with Crippen molar-refractivity contribution in [3.05, 3.63) is 0 Å². The Morgan fingerprint density at radius 2 is 2.38 bits per heavy atom. The number of nitrogens with one attached hydrogen (secondary N) is 1. The van der Waals surface area contributed by atoms with Gasteiger partial charge in [-0.15, -0.1) is 12.4 Å². The number of carbonyl (C=O) groups is 1. The highest BCUT2D eigenvalue weighted by molar-refractivity contribution is 5.85. The Balaban J connectivity index is 0.00000144. The molecule has 1 unspecified atom stereocenters. The van der Waals surface area contributed by atoms with Crippen LogP contribution in [-0.2, 0) is 9.53 Å². The molecule has 1 rings (SSSR count). The fraction of sp³-hybridized carbons (Fsp3) is 0.875. The van der Waals surface area contributed by atoms with Gasteiger partial charge in [-0.2, -0.15) is 0 Å². The van der Waals surface area contributed by atoms with Gasteiger partial charge in [-0.05, 0) is 6.92 Å². The van der Waals surface area contributed by atoms with E-state index >= 15 is 0 Å². The van der Waals surface area contributed by atoms with Gasteiger partial charge in [0, 0.05) is 26.7 Å². The number of carbonyl (C=O) groups excluding carboxylic acids is 1. The molecule has 1 saturated heterocycles. The van der Waals surface area contributed by atoms with Crippen LogP contribution in [0.15, 0.2) is 0 Å². The van der Waals surface area contributed by atoms with Gasteiger partial charge in [0.2, 0.25) is 5.91 Å². The van der Waals surface area contributed by atoms with Crippen LogP contribution in [-0.4, -0.2) is 50.2 Å². The molecule has 1 aliphatic rings. The predicted octanol–water partition coefficient (Wildman–Crippen LogP) is -0.125. The first-order valence-electron chi connectivity index (χ1n) is 4.31. The monoisotopic (exact) mass is 208 g/mol. The van der Waals surface area contributed by atoms with Crippen LogP contribution in [0.4, 0.5) is 0 Å². The third-order valence-corrected chi connectivity index (χ3v) is 2.00. The Bertz CT molecular complexity index is 166. The molecule has 0 saturated carbocycles. The van der Waals surface area contributed by atoms with E-state index < -0.39 is 0 Å². The first kappa shape index (κ1) is 12.7. The molecule has 78 valence electrons. The maximum Gasteiger partial charge on any atom is 0.241 e. The first-order chi connectivity index (χ1) is 5.75. The normalized spacial score (nSPS) is 22.8. The quantitative estimate of drug-likeness (QED) is 0.703. The number of amides is 1. The van der Waals surface area contributed by atoms with E-state index in [-0.39, 0.29) is 24.4 Å². The fourth-order valence-electron chi connectivity index (χ4n) is 1.24. The Morgan fingerprint density at radius 1 is 1.69 bits per heavy atom. The van der Waals surface area contributed by atoms with Gasteiger partial charge in [-0.3, -0.25) is 4.79 Å². The van der Waals surface area contributed by atoms with Crippen molar-refractivity contribution in [1.82, 2.24) is 10.2 Å². The highest BCUT2D eigenvalue weighted by Crippen LogP contribution is 1.98. The number of rotatable bonds is 3. The molecule has 1 aliphatic heterocycles. The molecule has 1 amide bonds. The van der Waals surface area contributed by atoms with Crippen molar-refractivity contribution in [3.63, 3.8) is 0 Å². The van der Waals surface area contributed by atoms with Crippen LogP contribution in [0.3, 0.4) is 0 Å². The van der Waals surface area contributed by atoms with E-state index in [1.807, 2.05) is 14.0 Å². The molecular formula is C8H17ClN2O2. The molecule has 4 nitrogen and oxygen atoms in total. The lowest BCUT2D eigenvalue weighted by molar-refractivity contribution is -0.135. The highest BCUT2D eigenvalue weighted by Gasteiger charge is 2.25.